The molecule has 27 heavy (non-hydrogen) atoms. The van der Waals surface area contributed by atoms with Gasteiger partial charge in [0, 0.05) is 43.2 Å². The molecule has 0 aliphatic carbocycles. The summed E-state index contributed by atoms with van der Waals surface area (Å²) in [7, 11) is 2.04. The van der Waals surface area contributed by atoms with Crippen molar-refractivity contribution in [2.24, 2.45) is 5.92 Å². The summed E-state index contributed by atoms with van der Waals surface area (Å²) in [4.78, 5) is 28.4. The number of carbonyl (C=O) groups excluding carboxylic acids is 2. The summed E-state index contributed by atoms with van der Waals surface area (Å²) in [5.74, 6) is -0.354. The van der Waals surface area contributed by atoms with E-state index >= 15 is 0 Å². The molecule has 0 fully saturated rings. The lowest BCUT2D eigenvalue weighted by Crippen LogP contribution is -2.19. The van der Waals surface area contributed by atoms with E-state index in [1.807, 2.05) is 25.2 Å². The fourth-order valence-corrected chi connectivity index (χ4v) is 3.55. The number of hydrogen-bond donors (Lipinski definition) is 1. The molecule has 6 nitrogen and oxygen atoms in total. The van der Waals surface area contributed by atoms with Crippen LogP contribution in [-0.4, -0.2) is 39.7 Å². The molecule has 0 saturated heterocycles. The first-order valence-electron chi connectivity index (χ1n) is 8.72. The van der Waals surface area contributed by atoms with Crippen LogP contribution in [0.3, 0.4) is 0 Å². The van der Waals surface area contributed by atoms with E-state index in [9.17, 15) is 9.59 Å². The second kappa shape index (κ2) is 8.88. The van der Waals surface area contributed by atoms with Crippen molar-refractivity contribution in [1.29, 1.82) is 0 Å². The molecular weight excluding hydrogens is 364 g/mol. The van der Waals surface area contributed by atoms with Crippen LogP contribution in [-0.2, 0) is 29.1 Å². The van der Waals surface area contributed by atoms with Crippen LogP contribution in [0.5, 0.6) is 0 Å². The number of aromatic nitrogens is 3. The van der Waals surface area contributed by atoms with Crippen LogP contribution in [0, 0.1) is 5.92 Å². The maximum absolute atomic E-state index is 11.3. The average Bonchev–Trinajstić information content (AvgIpc) is 3.15. The van der Waals surface area contributed by atoms with Gasteiger partial charge in [-0.05, 0) is 48.4 Å². The zero-order valence-corrected chi connectivity index (χ0v) is 15.8. The van der Waals surface area contributed by atoms with E-state index in [4.69, 9.17) is 11.6 Å². The molecule has 1 aromatic carbocycles. The summed E-state index contributed by atoms with van der Waals surface area (Å²) >= 11 is 6.40. The lowest BCUT2D eigenvalue weighted by Gasteiger charge is -2.21. The second-order valence-corrected chi connectivity index (χ2v) is 7.09. The summed E-state index contributed by atoms with van der Waals surface area (Å²) in [6.07, 6.45) is 7.62. The molecule has 7 heteroatoms. The highest BCUT2D eigenvalue weighted by Gasteiger charge is 2.18. The molecule has 2 aromatic heterocycles. The van der Waals surface area contributed by atoms with Crippen molar-refractivity contribution >= 4 is 35.1 Å². The summed E-state index contributed by atoms with van der Waals surface area (Å²) in [6.45, 7) is 1.42. The average molecular weight is 385 g/mol. The highest BCUT2D eigenvalue weighted by molar-refractivity contribution is 6.35. The Bertz CT molecular complexity index is 926. The summed E-state index contributed by atoms with van der Waals surface area (Å²) in [5, 5.41) is 8.57. The smallest absolute Gasteiger partial charge is 0.123 e. The van der Waals surface area contributed by atoms with E-state index < -0.39 is 0 Å². The Labute approximate surface area is 162 Å². The van der Waals surface area contributed by atoms with Gasteiger partial charge in [0.1, 0.15) is 12.6 Å². The van der Waals surface area contributed by atoms with E-state index in [0.717, 1.165) is 46.7 Å². The largest absolute Gasteiger partial charge is 0.303 e. The number of halogens is 1. The number of benzene rings is 1. The van der Waals surface area contributed by atoms with E-state index in [2.05, 4.69) is 20.1 Å². The van der Waals surface area contributed by atoms with Gasteiger partial charge in [-0.3, -0.25) is 15.0 Å². The molecule has 0 bridgehead atoms. The monoisotopic (exact) mass is 384 g/mol. The minimum absolute atomic E-state index is 0.205. The maximum atomic E-state index is 11.3. The molecule has 1 atom stereocenters. The predicted octanol–water partition coefficient (Wildman–Crippen LogP) is 3.19. The number of carbonyl (C=O) groups is 2. The number of pyridine rings is 1. The van der Waals surface area contributed by atoms with Crippen LogP contribution in [0.25, 0.3) is 10.9 Å². The standard InChI is InChI=1S/C20H21ClN4O2/c1-25(11-14-2-5-22-6-3-14)12-18-16(8-15(13-27)4-7-26)9-19(21)20-17(18)10-23-24-20/h2-3,5-7,9-10,13,15H,4,8,11-12H2,1H3,(H,23,24)/t15-/m1/s1. The van der Waals surface area contributed by atoms with Crippen LogP contribution >= 0.6 is 11.6 Å². The highest BCUT2D eigenvalue weighted by atomic mass is 35.5. The molecule has 0 unspecified atom stereocenters. The number of nitrogens with zero attached hydrogens (tertiary/aromatic N) is 3. The zero-order valence-electron chi connectivity index (χ0n) is 15.1. The third kappa shape index (κ3) is 4.59. The van der Waals surface area contributed by atoms with Crippen LogP contribution in [0.15, 0.2) is 36.8 Å². The molecule has 0 aliphatic heterocycles. The van der Waals surface area contributed by atoms with Gasteiger partial charge in [-0.1, -0.05) is 11.6 Å². The molecule has 2 heterocycles. The molecule has 140 valence electrons. The van der Waals surface area contributed by atoms with Gasteiger partial charge in [-0.25, -0.2) is 0 Å². The van der Waals surface area contributed by atoms with Gasteiger partial charge in [0.2, 0.25) is 0 Å². The van der Waals surface area contributed by atoms with Crippen molar-refractivity contribution in [2.75, 3.05) is 7.05 Å². The summed E-state index contributed by atoms with van der Waals surface area (Å²) in [6, 6.07) is 5.84. The van der Waals surface area contributed by atoms with E-state index in [-0.39, 0.29) is 12.3 Å². The number of nitrogens with one attached hydrogen (secondary N) is 1. The molecule has 0 saturated carbocycles. The minimum atomic E-state index is -0.354. The van der Waals surface area contributed by atoms with Crippen molar-refractivity contribution in [3.05, 3.63) is 58.5 Å². The van der Waals surface area contributed by atoms with Crippen molar-refractivity contribution in [2.45, 2.75) is 25.9 Å². The topological polar surface area (TPSA) is 79.0 Å². The number of aldehydes is 2. The van der Waals surface area contributed by atoms with Crippen LogP contribution in [0.4, 0.5) is 0 Å². The predicted molar refractivity (Wildman–Crippen MR) is 104 cm³/mol. The van der Waals surface area contributed by atoms with Gasteiger partial charge in [0.25, 0.3) is 0 Å². The van der Waals surface area contributed by atoms with Gasteiger partial charge < -0.3 is 9.59 Å². The molecule has 3 aromatic rings. The van der Waals surface area contributed by atoms with Crippen molar-refractivity contribution in [3.8, 4) is 0 Å². The fourth-order valence-electron chi connectivity index (χ4n) is 3.27. The van der Waals surface area contributed by atoms with Gasteiger partial charge in [0.05, 0.1) is 16.7 Å². The summed E-state index contributed by atoms with van der Waals surface area (Å²) in [5.41, 5.74) is 3.98. The number of H-pyrrole nitrogens is 1. The maximum Gasteiger partial charge on any atom is 0.123 e. The van der Waals surface area contributed by atoms with E-state index in [1.165, 1.54) is 0 Å². The van der Waals surface area contributed by atoms with Gasteiger partial charge in [-0.2, -0.15) is 5.10 Å². The number of fused-ring (bicyclic) bond motifs is 1. The second-order valence-electron chi connectivity index (χ2n) is 6.69. The molecular formula is C20H21ClN4O2. The first-order chi connectivity index (χ1) is 13.1. The molecule has 0 aliphatic rings. The highest BCUT2D eigenvalue weighted by Crippen LogP contribution is 2.31. The van der Waals surface area contributed by atoms with Gasteiger partial charge >= 0.3 is 0 Å². The molecule has 1 N–H and O–H groups in total. The first-order valence-corrected chi connectivity index (χ1v) is 9.10. The zero-order chi connectivity index (χ0) is 19.2. The van der Waals surface area contributed by atoms with Crippen LogP contribution < -0.4 is 0 Å². The quantitative estimate of drug-likeness (QED) is 0.573. The van der Waals surface area contributed by atoms with Gasteiger partial charge in [-0.15, -0.1) is 0 Å². The molecule has 0 amide bonds. The summed E-state index contributed by atoms with van der Waals surface area (Å²) < 4.78 is 0. The lowest BCUT2D eigenvalue weighted by molar-refractivity contribution is -0.115. The first kappa shape index (κ1) is 19.2. The Kier molecular flexibility index (Phi) is 6.32. The fraction of sp³-hybridized carbons (Fsp3) is 0.300. The van der Waals surface area contributed by atoms with E-state index in [0.29, 0.717) is 18.0 Å². The van der Waals surface area contributed by atoms with Crippen molar-refractivity contribution in [3.63, 3.8) is 0 Å². The number of rotatable bonds is 9. The van der Waals surface area contributed by atoms with Crippen LogP contribution in [0.2, 0.25) is 5.02 Å². The third-order valence-electron chi connectivity index (χ3n) is 4.60. The third-order valence-corrected chi connectivity index (χ3v) is 4.89. The Morgan fingerprint density at radius 3 is 2.74 bits per heavy atom. The molecule has 0 spiro atoms. The Hall–Kier alpha value is -2.57. The Balaban J connectivity index is 1.92. The number of hydrogen-bond acceptors (Lipinski definition) is 5. The van der Waals surface area contributed by atoms with E-state index in [1.54, 1.807) is 18.6 Å². The lowest BCUT2D eigenvalue weighted by atomic mass is 9.92. The molecule has 3 rings (SSSR count). The van der Waals surface area contributed by atoms with Crippen LogP contribution in [0.1, 0.15) is 23.1 Å². The SMILES string of the molecule is CN(Cc1ccncc1)Cc1c(C[C@H](C=O)CC=O)cc(Cl)c2[nH]ncc12. The van der Waals surface area contributed by atoms with Gasteiger partial charge in [0.15, 0.2) is 0 Å². The Morgan fingerprint density at radius 1 is 1.26 bits per heavy atom. The number of aromatic amines is 1. The normalized spacial score (nSPS) is 12.4. The minimum Gasteiger partial charge on any atom is -0.303 e. The van der Waals surface area contributed by atoms with Crippen molar-refractivity contribution < 1.29 is 9.59 Å². The molecule has 0 radical (unpaired) electrons. The van der Waals surface area contributed by atoms with Crippen molar-refractivity contribution in [1.82, 2.24) is 20.1 Å². The Morgan fingerprint density at radius 2 is 2.04 bits per heavy atom.